The smallest absolute Gasteiger partial charge is 0.203 e. The van der Waals surface area contributed by atoms with Crippen molar-refractivity contribution in [3.8, 4) is 17.2 Å². The summed E-state index contributed by atoms with van der Waals surface area (Å²) in [7, 11) is 6.40. The van der Waals surface area contributed by atoms with Gasteiger partial charge in [-0.25, -0.2) is 0 Å². The van der Waals surface area contributed by atoms with Gasteiger partial charge in [0.1, 0.15) is 0 Å². The SMILES string of the molecule is COc1cc(/C=C/C(=O)c2cnn(C)c2)cc(OC)c1OC. The minimum absolute atomic E-state index is 0.123. The zero-order valence-corrected chi connectivity index (χ0v) is 13.0. The van der Waals surface area contributed by atoms with Crippen molar-refractivity contribution in [2.75, 3.05) is 21.3 Å². The van der Waals surface area contributed by atoms with Crippen LogP contribution >= 0.6 is 0 Å². The van der Waals surface area contributed by atoms with Crippen LogP contribution in [0.3, 0.4) is 0 Å². The first-order chi connectivity index (χ1) is 10.6. The van der Waals surface area contributed by atoms with E-state index in [1.54, 1.807) is 57.5 Å². The maximum atomic E-state index is 12.0. The van der Waals surface area contributed by atoms with Crippen molar-refractivity contribution in [1.82, 2.24) is 9.78 Å². The zero-order valence-electron chi connectivity index (χ0n) is 13.0. The number of ketones is 1. The summed E-state index contributed by atoms with van der Waals surface area (Å²) in [4.78, 5) is 12.0. The van der Waals surface area contributed by atoms with E-state index in [0.29, 0.717) is 22.8 Å². The topological polar surface area (TPSA) is 62.6 Å². The number of allylic oxidation sites excluding steroid dienone is 1. The molecule has 0 saturated carbocycles. The van der Waals surface area contributed by atoms with E-state index in [1.807, 2.05) is 0 Å². The lowest BCUT2D eigenvalue weighted by Gasteiger charge is -2.12. The molecule has 0 unspecified atom stereocenters. The molecule has 116 valence electrons. The van der Waals surface area contributed by atoms with E-state index in [4.69, 9.17) is 14.2 Å². The van der Waals surface area contributed by atoms with Crippen LogP contribution < -0.4 is 14.2 Å². The number of rotatable bonds is 6. The van der Waals surface area contributed by atoms with Crippen molar-refractivity contribution >= 4 is 11.9 Å². The Bertz CT molecular complexity index is 679. The second-order valence-corrected chi connectivity index (χ2v) is 4.56. The largest absolute Gasteiger partial charge is 0.493 e. The van der Waals surface area contributed by atoms with Crippen LogP contribution in [0.2, 0.25) is 0 Å². The summed E-state index contributed by atoms with van der Waals surface area (Å²) in [5.74, 6) is 1.47. The summed E-state index contributed by atoms with van der Waals surface area (Å²) in [6.07, 6.45) is 6.38. The average molecular weight is 302 g/mol. The van der Waals surface area contributed by atoms with E-state index < -0.39 is 0 Å². The molecule has 1 aromatic heterocycles. The van der Waals surface area contributed by atoms with Crippen LogP contribution in [0.1, 0.15) is 15.9 Å². The molecule has 0 saturated heterocycles. The molecular weight excluding hydrogens is 284 g/mol. The predicted molar refractivity (Wildman–Crippen MR) is 82.7 cm³/mol. The second-order valence-electron chi connectivity index (χ2n) is 4.56. The highest BCUT2D eigenvalue weighted by molar-refractivity contribution is 6.06. The number of hydrogen-bond donors (Lipinski definition) is 0. The van der Waals surface area contributed by atoms with Crippen LogP contribution in [-0.4, -0.2) is 36.9 Å². The second kappa shape index (κ2) is 6.80. The molecule has 0 bridgehead atoms. The Balaban J connectivity index is 2.29. The molecule has 2 aromatic rings. The first-order valence-corrected chi connectivity index (χ1v) is 6.60. The third kappa shape index (κ3) is 3.28. The van der Waals surface area contributed by atoms with Gasteiger partial charge in [-0.3, -0.25) is 9.48 Å². The van der Waals surface area contributed by atoms with E-state index in [-0.39, 0.29) is 5.78 Å². The maximum absolute atomic E-state index is 12.0. The lowest BCUT2D eigenvalue weighted by molar-refractivity contribution is 0.104. The van der Waals surface area contributed by atoms with Crippen molar-refractivity contribution < 1.29 is 19.0 Å². The molecule has 0 amide bonds. The fourth-order valence-electron chi connectivity index (χ4n) is 2.01. The number of benzene rings is 1. The minimum atomic E-state index is -0.123. The van der Waals surface area contributed by atoms with Gasteiger partial charge in [0.2, 0.25) is 5.75 Å². The van der Waals surface area contributed by atoms with E-state index in [2.05, 4.69) is 5.10 Å². The van der Waals surface area contributed by atoms with E-state index in [1.165, 1.54) is 12.3 Å². The lowest BCUT2D eigenvalue weighted by atomic mass is 10.1. The third-order valence-electron chi connectivity index (χ3n) is 3.10. The molecule has 0 spiro atoms. The van der Waals surface area contributed by atoms with Gasteiger partial charge >= 0.3 is 0 Å². The van der Waals surface area contributed by atoms with Crippen LogP contribution in [0, 0.1) is 0 Å². The first kappa shape index (κ1) is 15.6. The molecule has 6 heteroatoms. The number of aryl methyl sites for hydroxylation is 1. The van der Waals surface area contributed by atoms with Crippen molar-refractivity contribution in [2.45, 2.75) is 0 Å². The van der Waals surface area contributed by atoms with Crippen LogP contribution in [-0.2, 0) is 7.05 Å². The highest BCUT2D eigenvalue weighted by atomic mass is 16.5. The molecule has 0 atom stereocenters. The lowest BCUT2D eigenvalue weighted by Crippen LogP contribution is -1.96. The number of aromatic nitrogens is 2. The van der Waals surface area contributed by atoms with Gasteiger partial charge in [0.05, 0.1) is 33.1 Å². The minimum Gasteiger partial charge on any atom is -0.493 e. The van der Waals surface area contributed by atoms with Crippen LogP contribution in [0.5, 0.6) is 17.2 Å². The fourth-order valence-corrected chi connectivity index (χ4v) is 2.01. The molecule has 22 heavy (non-hydrogen) atoms. The molecule has 0 aliphatic rings. The van der Waals surface area contributed by atoms with Crippen LogP contribution in [0.4, 0.5) is 0 Å². The van der Waals surface area contributed by atoms with Gasteiger partial charge in [-0.15, -0.1) is 0 Å². The van der Waals surface area contributed by atoms with E-state index in [0.717, 1.165) is 5.56 Å². The molecule has 0 N–H and O–H groups in total. The molecule has 0 radical (unpaired) electrons. The fraction of sp³-hybridized carbons (Fsp3) is 0.250. The molecule has 0 fully saturated rings. The monoisotopic (exact) mass is 302 g/mol. The number of methoxy groups -OCH3 is 3. The molecular formula is C16H18N2O4. The van der Waals surface area contributed by atoms with Gasteiger partial charge in [-0.05, 0) is 23.8 Å². The Labute approximate surface area is 128 Å². The Morgan fingerprint density at radius 3 is 2.23 bits per heavy atom. The van der Waals surface area contributed by atoms with Crippen molar-refractivity contribution in [2.24, 2.45) is 7.05 Å². The van der Waals surface area contributed by atoms with E-state index >= 15 is 0 Å². The van der Waals surface area contributed by atoms with Gasteiger partial charge in [0, 0.05) is 13.2 Å². The Morgan fingerprint density at radius 1 is 1.14 bits per heavy atom. The summed E-state index contributed by atoms with van der Waals surface area (Å²) in [6.45, 7) is 0. The number of hydrogen-bond acceptors (Lipinski definition) is 5. The summed E-state index contributed by atoms with van der Waals surface area (Å²) in [5, 5.41) is 3.98. The van der Waals surface area contributed by atoms with Gasteiger partial charge < -0.3 is 14.2 Å². The normalized spacial score (nSPS) is 10.7. The number of carbonyl (C=O) groups excluding carboxylic acids is 1. The molecule has 1 heterocycles. The predicted octanol–water partition coefficient (Wildman–Crippen LogP) is 2.34. The highest BCUT2D eigenvalue weighted by Crippen LogP contribution is 2.38. The van der Waals surface area contributed by atoms with Crippen molar-refractivity contribution in [1.29, 1.82) is 0 Å². The molecule has 0 aliphatic heterocycles. The molecule has 6 nitrogen and oxygen atoms in total. The van der Waals surface area contributed by atoms with Crippen LogP contribution in [0.25, 0.3) is 6.08 Å². The highest BCUT2D eigenvalue weighted by Gasteiger charge is 2.12. The summed E-state index contributed by atoms with van der Waals surface area (Å²) in [6, 6.07) is 3.54. The summed E-state index contributed by atoms with van der Waals surface area (Å²) in [5.41, 5.74) is 1.30. The van der Waals surface area contributed by atoms with Crippen LogP contribution in [0.15, 0.2) is 30.6 Å². The summed E-state index contributed by atoms with van der Waals surface area (Å²) < 4.78 is 17.4. The molecule has 0 aliphatic carbocycles. The van der Waals surface area contributed by atoms with Crippen molar-refractivity contribution in [3.63, 3.8) is 0 Å². The average Bonchev–Trinajstić information content (AvgIpc) is 2.97. The van der Waals surface area contributed by atoms with Gasteiger partial charge in [-0.1, -0.05) is 6.08 Å². The standard InChI is InChI=1S/C16H18N2O4/c1-18-10-12(9-17-18)13(19)6-5-11-7-14(20-2)16(22-4)15(8-11)21-3/h5-10H,1-4H3/b6-5+. The van der Waals surface area contributed by atoms with Gasteiger partial charge in [-0.2, -0.15) is 5.10 Å². The zero-order chi connectivity index (χ0) is 16.1. The number of ether oxygens (including phenoxy) is 3. The molecule has 1 aromatic carbocycles. The quantitative estimate of drug-likeness (QED) is 0.605. The van der Waals surface area contributed by atoms with Gasteiger partial charge in [0.25, 0.3) is 0 Å². The Hall–Kier alpha value is -2.76. The van der Waals surface area contributed by atoms with E-state index in [9.17, 15) is 4.79 Å². The third-order valence-corrected chi connectivity index (χ3v) is 3.10. The Morgan fingerprint density at radius 2 is 1.77 bits per heavy atom. The van der Waals surface area contributed by atoms with Gasteiger partial charge in [0.15, 0.2) is 17.3 Å². The Kier molecular flexibility index (Phi) is 4.83. The first-order valence-electron chi connectivity index (χ1n) is 6.60. The maximum Gasteiger partial charge on any atom is 0.203 e. The van der Waals surface area contributed by atoms with Crippen molar-refractivity contribution in [3.05, 3.63) is 41.7 Å². The number of nitrogens with zero attached hydrogens (tertiary/aromatic N) is 2. The summed E-state index contributed by atoms with van der Waals surface area (Å²) >= 11 is 0. The molecule has 2 rings (SSSR count). The number of carbonyl (C=O) groups is 1.